The molecule has 0 aromatic heterocycles. The molecular formula is C29H35FN2O3. The van der Waals surface area contributed by atoms with E-state index in [9.17, 15) is 14.0 Å². The largest absolute Gasteiger partial charge is 0.469 e. The van der Waals surface area contributed by atoms with Crippen molar-refractivity contribution in [2.45, 2.75) is 76.4 Å². The number of carbonyl (C=O) groups is 2. The molecule has 0 bridgehead atoms. The van der Waals surface area contributed by atoms with Gasteiger partial charge in [0.25, 0.3) is 5.91 Å². The van der Waals surface area contributed by atoms with Crippen molar-refractivity contribution in [3.05, 3.63) is 65.0 Å². The smallest absolute Gasteiger partial charge is 0.311 e. The summed E-state index contributed by atoms with van der Waals surface area (Å²) < 4.78 is 20.2. The molecule has 2 saturated carbocycles. The number of nitrogens with zero attached hydrogens (tertiary/aromatic N) is 1. The van der Waals surface area contributed by atoms with E-state index >= 15 is 0 Å². The predicted octanol–water partition coefficient (Wildman–Crippen LogP) is 6.03. The zero-order chi connectivity index (χ0) is 24.5. The number of piperidine rings is 1. The molecule has 5 rings (SSSR count). The fourth-order valence-corrected chi connectivity index (χ4v) is 6.67. The SMILES string of the molecule is COC(=O)[C@H]1C[C@H]2CCC[C@H]2N(C(=O)c2c(C)cccc2F)[C@H]1c1ccc(NC2CCCC2)cc1. The number of hydrogen-bond acceptors (Lipinski definition) is 4. The number of benzene rings is 2. The van der Waals surface area contributed by atoms with Gasteiger partial charge in [0, 0.05) is 17.8 Å². The van der Waals surface area contributed by atoms with Crippen LogP contribution in [0.5, 0.6) is 0 Å². The maximum Gasteiger partial charge on any atom is 0.311 e. The van der Waals surface area contributed by atoms with Gasteiger partial charge in [0.05, 0.1) is 24.6 Å². The number of anilines is 1. The van der Waals surface area contributed by atoms with E-state index in [2.05, 4.69) is 5.32 Å². The van der Waals surface area contributed by atoms with Crippen LogP contribution in [-0.2, 0) is 9.53 Å². The first-order chi connectivity index (χ1) is 17.0. The lowest BCUT2D eigenvalue weighted by Gasteiger charge is -2.47. The molecule has 2 aromatic carbocycles. The zero-order valence-electron chi connectivity index (χ0n) is 20.6. The summed E-state index contributed by atoms with van der Waals surface area (Å²) >= 11 is 0. The van der Waals surface area contributed by atoms with Crippen LogP contribution in [0.2, 0.25) is 0 Å². The molecule has 2 aromatic rings. The normalized spacial score (nSPS) is 26.4. The lowest BCUT2D eigenvalue weighted by Crippen LogP contribution is -2.53. The van der Waals surface area contributed by atoms with Gasteiger partial charge in [-0.25, -0.2) is 4.39 Å². The molecule has 0 unspecified atom stereocenters. The van der Waals surface area contributed by atoms with Crippen LogP contribution >= 0.6 is 0 Å². The summed E-state index contributed by atoms with van der Waals surface area (Å²) in [5.74, 6) is -1.42. The zero-order valence-corrected chi connectivity index (χ0v) is 20.6. The van der Waals surface area contributed by atoms with E-state index in [4.69, 9.17) is 4.74 Å². The number of methoxy groups -OCH3 is 1. The second kappa shape index (κ2) is 10.00. The predicted molar refractivity (Wildman–Crippen MR) is 134 cm³/mol. The van der Waals surface area contributed by atoms with Crippen molar-refractivity contribution >= 4 is 17.6 Å². The van der Waals surface area contributed by atoms with E-state index in [0.717, 1.165) is 30.5 Å². The summed E-state index contributed by atoms with van der Waals surface area (Å²) in [6.07, 6.45) is 8.40. The molecule has 1 heterocycles. The molecule has 0 spiro atoms. The van der Waals surface area contributed by atoms with Crippen molar-refractivity contribution in [3.8, 4) is 0 Å². The summed E-state index contributed by atoms with van der Waals surface area (Å²) in [5.41, 5.74) is 2.66. The highest BCUT2D eigenvalue weighted by Crippen LogP contribution is 2.49. The lowest BCUT2D eigenvalue weighted by atomic mass is 9.76. The molecule has 0 radical (unpaired) electrons. The van der Waals surface area contributed by atoms with E-state index < -0.39 is 17.8 Å². The molecule has 6 heteroatoms. The summed E-state index contributed by atoms with van der Waals surface area (Å²) in [4.78, 5) is 28.9. The first kappa shape index (κ1) is 23.8. The Morgan fingerprint density at radius 3 is 2.43 bits per heavy atom. The van der Waals surface area contributed by atoms with Crippen LogP contribution in [0.1, 0.15) is 78.9 Å². The molecule has 35 heavy (non-hydrogen) atoms. The Morgan fingerprint density at radius 2 is 1.74 bits per heavy atom. The van der Waals surface area contributed by atoms with E-state index in [0.29, 0.717) is 18.0 Å². The van der Waals surface area contributed by atoms with E-state index in [1.54, 1.807) is 19.1 Å². The Hall–Kier alpha value is -2.89. The third kappa shape index (κ3) is 4.55. The van der Waals surface area contributed by atoms with E-state index in [1.807, 2.05) is 29.2 Å². The summed E-state index contributed by atoms with van der Waals surface area (Å²) in [6, 6.07) is 12.8. The molecule has 2 aliphatic carbocycles. The molecule has 5 nitrogen and oxygen atoms in total. The van der Waals surface area contributed by atoms with Gasteiger partial charge in [-0.1, -0.05) is 43.5 Å². The van der Waals surface area contributed by atoms with Gasteiger partial charge in [-0.15, -0.1) is 0 Å². The fourth-order valence-electron chi connectivity index (χ4n) is 6.67. The van der Waals surface area contributed by atoms with Crippen molar-refractivity contribution in [2.75, 3.05) is 12.4 Å². The third-order valence-corrected chi connectivity index (χ3v) is 8.37. The van der Waals surface area contributed by atoms with Crippen LogP contribution in [-0.4, -0.2) is 36.0 Å². The quantitative estimate of drug-likeness (QED) is 0.533. The Morgan fingerprint density at radius 1 is 1.00 bits per heavy atom. The van der Waals surface area contributed by atoms with Crippen molar-refractivity contribution in [1.29, 1.82) is 0 Å². The first-order valence-electron chi connectivity index (χ1n) is 13.0. The monoisotopic (exact) mass is 478 g/mol. The molecule has 1 saturated heterocycles. The highest BCUT2D eigenvalue weighted by Gasteiger charge is 2.50. The van der Waals surface area contributed by atoms with Gasteiger partial charge in [0.2, 0.25) is 0 Å². The maximum atomic E-state index is 15.0. The van der Waals surface area contributed by atoms with Crippen molar-refractivity contribution in [3.63, 3.8) is 0 Å². The third-order valence-electron chi connectivity index (χ3n) is 8.37. The average Bonchev–Trinajstić information content (AvgIpc) is 3.54. The van der Waals surface area contributed by atoms with Crippen LogP contribution < -0.4 is 5.32 Å². The average molecular weight is 479 g/mol. The topological polar surface area (TPSA) is 58.6 Å². The minimum absolute atomic E-state index is 0.0105. The van der Waals surface area contributed by atoms with Crippen molar-refractivity contribution < 1.29 is 18.7 Å². The number of fused-ring (bicyclic) bond motifs is 1. The molecule has 1 N–H and O–H groups in total. The fraction of sp³-hybridized carbons (Fsp3) is 0.517. The number of nitrogens with one attached hydrogen (secondary N) is 1. The molecule has 3 aliphatic rings. The van der Waals surface area contributed by atoms with Crippen LogP contribution in [0.25, 0.3) is 0 Å². The highest BCUT2D eigenvalue weighted by atomic mass is 19.1. The minimum atomic E-state index is -0.514. The standard InChI is InChI=1S/C29H35FN2O3/c1-18-7-5-11-24(30)26(18)28(33)32-25-12-6-8-20(25)17-23(29(34)35-2)27(32)19-13-15-22(16-14-19)31-21-9-3-4-10-21/h5,7,11,13-16,20-21,23,25,27,31H,3-4,6,8-10,12,17H2,1-2H3/t20-,23+,25-,27+/m1/s1. The summed E-state index contributed by atoms with van der Waals surface area (Å²) in [7, 11) is 1.40. The van der Waals surface area contributed by atoms with E-state index in [-0.39, 0.29) is 29.4 Å². The Labute approximate surface area is 207 Å². The number of hydrogen-bond donors (Lipinski definition) is 1. The number of aryl methyl sites for hydroxylation is 1. The second-order valence-corrected chi connectivity index (χ2v) is 10.5. The van der Waals surface area contributed by atoms with Crippen LogP contribution in [0.3, 0.4) is 0 Å². The van der Waals surface area contributed by atoms with Crippen LogP contribution in [0.4, 0.5) is 10.1 Å². The van der Waals surface area contributed by atoms with Gasteiger partial charge < -0.3 is 15.0 Å². The number of carbonyl (C=O) groups excluding carboxylic acids is 2. The molecule has 4 atom stereocenters. The lowest BCUT2D eigenvalue weighted by molar-refractivity contribution is -0.151. The molecular weight excluding hydrogens is 443 g/mol. The number of ether oxygens (including phenoxy) is 1. The molecule has 186 valence electrons. The van der Waals surface area contributed by atoms with Crippen LogP contribution in [0, 0.1) is 24.6 Å². The van der Waals surface area contributed by atoms with Gasteiger partial charge in [-0.2, -0.15) is 0 Å². The number of amides is 1. The number of esters is 1. The Balaban J connectivity index is 1.54. The second-order valence-electron chi connectivity index (χ2n) is 10.5. The van der Waals surface area contributed by atoms with Gasteiger partial charge >= 0.3 is 5.97 Å². The minimum Gasteiger partial charge on any atom is -0.469 e. The summed E-state index contributed by atoms with van der Waals surface area (Å²) in [5, 5.41) is 3.61. The number of halogens is 1. The van der Waals surface area contributed by atoms with Crippen molar-refractivity contribution in [2.24, 2.45) is 11.8 Å². The van der Waals surface area contributed by atoms with Crippen molar-refractivity contribution in [1.82, 2.24) is 4.90 Å². The first-order valence-corrected chi connectivity index (χ1v) is 13.0. The van der Waals surface area contributed by atoms with Crippen LogP contribution in [0.15, 0.2) is 42.5 Å². The maximum absolute atomic E-state index is 15.0. The highest BCUT2D eigenvalue weighted by molar-refractivity contribution is 5.97. The molecule has 1 amide bonds. The van der Waals surface area contributed by atoms with E-state index in [1.165, 1.54) is 38.9 Å². The van der Waals surface area contributed by atoms with Gasteiger partial charge in [-0.3, -0.25) is 9.59 Å². The number of rotatable bonds is 5. The molecule has 3 fully saturated rings. The molecule has 1 aliphatic heterocycles. The Bertz CT molecular complexity index is 1060. The number of likely N-dealkylation sites (tertiary alicyclic amines) is 1. The summed E-state index contributed by atoms with van der Waals surface area (Å²) in [6.45, 7) is 1.77. The Kier molecular flexibility index (Phi) is 6.81. The van der Waals surface area contributed by atoms with Gasteiger partial charge in [-0.05, 0) is 74.3 Å². The van der Waals surface area contributed by atoms with Gasteiger partial charge in [0.1, 0.15) is 5.82 Å². The van der Waals surface area contributed by atoms with Gasteiger partial charge in [0.15, 0.2) is 0 Å².